The van der Waals surface area contributed by atoms with Crippen molar-refractivity contribution in [1.29, 1.82) is 0 Å². The van der Waals surface area contributed by atoms with Crippen LogP contribution < -0.4 is 20.1 Å². The largest absolute Gasteiger partial charge is 0.514 e. The molecule has 2 amide bonds. The van der Waals surface area contributed by atoms with Gasteiger partial charge in [0.15, 0.2) is 28.6 Å². The van der Waals surface area contributed by atoms with Gasteiger partial charge < -0.3 is 34.0 Å². The van der Waals surface area contributed by atoms with Crippen molar-refractivity contribution in [2.45, 2.75) is 66.1 Å². The Morgan fingerprint density at radius 2 is 1.33 bits per heavy atom. The highest BCUT2D eigenvalue weighted by Gasteiger charge is 2.26. The Hall–Kier alpha value is -4.28. The summed E-state index contributed by atoms with van der Waals surface area (Å²) in [7, 11) is 0. The first-order valence-corrected chi connectivity index (χ1v) is 12.5. The van der Waals surface area contributed by atoms with Crippen LogP contribution in [-0.2, 0) is 9.47 Å². The number of rotatable bonds is 7. The smallest absolute Gasteiger partial charge is 0.449 e. The van der Waals surface area contributed by atoms with E-state index in [2.05, 4.69) is 10.6 Å². The zero-order valence-corrected chi connectivity index (χ0v) is 23.2. The third-order valence-corrected chi connectivity index (χ3v) is 5.01. The van der Waals surface area contributed by atoms with Crippen LogP contribution in [0.4, 0.5) is 14.4 Å². The van der Waals surface area contributed by atoms with Gasteiger partial charge in [-0.25, -0.2) is 14.4 Å². The van der Waals surface area contributed by atoms with Crippen molar-refractivity contribution in [3.05, 3.63) is 36.1 Å². The fourth-order valence-electron chi connectivity index (χ4n) is 3.53. The minimum atomic E-state index is -0.939. The molecule has 1 aromatic heterocycles. The predicted octanol–water partition coefficient (Wildman–Crippen LogP) is 6.11. The summed E-state index contributed by atoms with van der Waals surface area (Å²) in [6.07, 6.45) is -1.85. The predicted molar refractivity (Wildman–Crippen MR) is 143 cm³/mol. The second-order valence-corrected chi connectivity index (χ2v) is 10.8. The monoisotopic (exact) mass is 542 g/mol. The summed E-state index contributed by atoms with van der Waals surface area (Å²) in [6.45, 7) is 12.2. The molecule has 0 aliphatic carbocycles. The highest BCUT2D eigenvalue weighted by atomic mass is 16.7. The molecule has 0 aliphatic heterocycles. The van der Waals surface area contributed by atoms with Gasteiger partial charge in [0.25, 0.3) is 0 Å². The van der Waals surface area contributed by atoms with Crippen molar-refractivity contribution in [1.82, 2.24) is 10.6 Å². The van der Waals surface area contributed by atoms with Gasteiger partial charge in [-0.05, 0) is 54.0 Å². The van der Waals surface area contributed by atoms with Crippen molar-refractivity contribution in [3.8, 4) is 11.5 Å². The zero-order valence-electron chi connectivity index (χ0n) is 23.2. The van der Waals surface area contributed by atoms with E-state index in [4.69, 9.17) is 23.4 Å². The van der Waals surface area contributed by atoms with E-state index in [0.29, 0.717) is 17.2 Å². The summed E-state index contributed by atoms with van der Waals surface area (Å²) < 4.78 is 27.4. The number of ether oxygens (including phenoxy) is 4. The van der Waals surface area contributed by atoms with E-state index in [1.54, 1.807) is 65.8 Å². The maximum absolute atomic E-state index is 12.7. The topological polar surface area (TPSA) is 142 Å². The fraction of sp³-hybridized carbons (Fsp3) is 0.429. The summed E-state index contributed by atoms with van der Waals surface area (Å²) in [4.78, 5) is 49.1. The Kier molecular flexibility index (Phi) is 8.73. The quantitative estimate of drug-likeness (QED) is 0.156. The summed E-state index contributed by atoms with van der Waals surface area (Å²) >= 11 is 0. The first-order chi connectivity index (χ1) is 18.1. The van der Waals surface area contributed by atoms with Crippen LogP contribution in [0.15, 0.2) is 34.7 Å². The lowest BCUT2D eigenvalue weighted by molar-refractivity contribution is 0.0211. The van der Waals surface area contributed by atoms with Gasteiger partial charge >= 0.3 is 18.3 Å². The Balaban J connectivity index is 1.84. The van der Waals surface area contributed by atoms with Gasteiger partial charge in [0.05, 0.1) is 5.39 Å². The SMILES string of the molecule is CC(=O)c1cc2c(OC(=O)OC(C)(C)C)c3ccccc3c(OC(=O)NCCCNC(=O)OC(C)(C)C)c2o1. The van der Waals surface area contributed by atoms with E-state index in [9.17, 15) is 19.2 Å². The number of hydrogen-bond donors (Lipinski definition) is 2. The highest BCUT2D eigenvalue weighted by molar-refractivity contribution is 6.12. The van der Waals surface area contributed by atoms with Gasteiger partial charge in [-0.1, -0.05) is 24.3 Å². The third kappa shape index (κ3) is 8.10. The molecule has 11 heteroatoms. The number of ketones is 1. The van der Waals surface area contributed by atoms with E-state index >= 15 is 0 Å². The van der Waals surface area contributed by atoms with Crippen LogP contribution in [0.1, 0.15) is 65.4 Å². The number of Topliss-reactive ketones (excluding diaryl/α,β-unsaturated/α-hetero) is 1. The third-order valence-electron chi connectivity index (χ3n) is 5.01. The molecule has 0 fully saturated rings. The minimum absolute atomic E-state index is 0.00665. The molecular formula is C28H34N2O9. The first kappa shape index (κ1) is 29.3. The van der Waals surface area contributed by atoms with E-state index in [0.717, 1.165) is 0 Å². The highest BCUT2D eigenvalue weighted by Crippen LogP contribution is 2.44. The number of amides is 2. The molecule has 210 valence electrons. The van der Waals surface area contributed by atoms with E-state index in [-0.39, 0.29) is 47.1 Å². The van der Waals surface area contributed by atoms with Gasteiger partial charge in [0.1, 0.15) is 11.2 Å². The number of furan rings is 1. The van der Waals surface area contributed by atoms with Crippen LogP contribution in [0.3, 0.4) is 0 Å². The molecule has 3 aromatic rings. The van der Waals surface area contributed by atoms with Crippen molar-refractivity contribution >= 4 is 45.9 Å². The maximum Gasteiger partial charge on any atom is 0.514 e. The van der Waals surface area contributed by atoms with Gasteiger partial charge in [-0.15, -0.1) is 0 Å². The summed E-state index contributed by atoms with van der Waals surface area (Å²) in [5.74, 6) is -0.222. The molecule has 0 saturated carbocycles. The molecule has 0 atom stereocenters. The molecule has 3 rings (SSSR count). The lowest BCUT2D eigenvalue weighted by Crippen LogP contribution is -2.35. The number of fused-ring (bicyclic) bond motifs is 2. The van der Waals surface area contributed by atoms with Crippen molar-refractivity contribution < 1.29 is 42.5 Å². The van der Waals surface area contributed by atoms with Crippen LogP contribution in [0.25, 0.3) is 21.7 Å². The molecule has 2 aromatic carbocycles. The Labute approximate surface area is 226 Å². The van der Waals surface area contributed by atoms with E-state index < -0.39 is 29.5 Å². The maximum atomic E-state index is 12.7. The summed E-state index contributed by atoms with van der Waals surface area (Å²) in [6, 6.07) is 8.22. The van der Waals surface area contributed by atoms with E-state index in [1.807, 2.05) is 0 Å². The second-order valence-electron chi connectivity index (χ2n) is 10.8. The minimum Gasteiger partial charge on any atom is -0.449 e. The number of carbonyl (C=O) groups excluding carboxylic acids is 4. The van der Waals surface area contributed by atoms with Crippen molar-refractivity contribution in [2.24, 2.45) is 0 Å². The van der Waals surface area contributed by atoms with Gasteiger partial charge in [0.2, 0.25) is 0 Å². The molecule has 0 spiro atoms. The Bertz CT molecular complexity index is 1390. The van der Waals surface area contributed by atoms with Crippen molar-refractivity contribution in [2.75, 3.05) is 13.1 Å². The number of alkyl carbamates (subject to hydrolysis) is 1. The van der Waals surface area contributed by atoms with Crippen LogP contribution in [0.5, 0.6) is 11.5 Å². The summed E-state index contributed by atoms with van der Waals surface area (Å²) in [5, 5.41) is 6.34. The average molecular weight is 543 g/mol. The average Bonchev–Trinajstić information content (AvgIpc) is 3.24. The number of benzene rings is 2. The van der Waals surface area contributed by atoms with Crippen LogP contribution in [0, 0.1) is 0 Å². The zero-order chi connectivity index (χ0) is 29.0. The molecule has 39 heavy (non-hydrogen) atoms. The lowest BCUT2D eigenvalue weighted by atomic mass is 10.1. The molecule has 0 bridgehead atoms. The van der Waals surface area contributed by atoms with Gasteiger partial charge in [-0.3, -0.25) is 4.79 Å². The van der Waals surface area contributed by atoms with Gasteiger partial charge in [0, 0.05) is 30.8 Å². The standard InChI is InChI=1S/C28H34N2O9/c1-16(31)20-15-19-21(37-26(34)39-28(5,6)7)17-11-8-9-12-18(17)22(23(19)35-20)36-24(32)29-13-10-14-30-25(33)38-27(2,3)4/h8-9,11-12,15H,10,13-14H2,1-7H3,(H,29,32)(H,30,33). The Morgan fingerprint density at radius 1 is 0.769 bits per heavy atom. The van der Waals surface area contributed by atoms with Crippen molar-refractivity contribution in [3.63, 3.8) is 0 Å². The number of nitrogens with one attached hydrogen (secondary N) is 2. The first-order valence-electron chi connectivity index (χ1n) is 12.5. The van der Waals surface area contributed by atoms with Crippen LogP contribution in [-0.4, -0.2) is 48.4 Å². The van der Waals surface area contributed by atoms with E-state index in [1.165, 1.54) is 13.0 Å². The van der Waals surface area contributed by atoms with Crippen LogP contribution in [0.2, 0.25) is 0 Å². The molecule has 1 heterocycles. The molecule has 11 nitrogen and oxygen atoms in total. The molecule has 2 N–H and O–H groups in total. The van der Waals surface area contributed by atoms with Gasteiger partial charge in [-0.2, -0.15) is 0 Å². The molecular weight excluding hydrogens is 508 g/mol. The second kappa shape index (κ2) is 11.6. The fourth-order valence-corrected chi connectivity index (χ4v) is 3.53. The Morgan fingerprint density at radius 3 is 1.90 bits per heavy atom. The molecule has 0 saturated heterocycles. The normalized spacial score (nSPS) is 11.7. The molecule has 0 unspecified atom stereocenters. The molecule has 0 aliphatic rings. The number of hydrogen-bond acceptors (Lipinski definition) is 9. The van der Waals surface area contributed by atoms with Crippen LogP contribution >= 0.6 is 0 Å². The molecule has 0 radical (unpaired) electrons. The summed E-state index contributed by atoms with van der Waals surface area (Å²) in [5.41, 5.74) is -1.35. The lowest BCUT2D eigenvalue weighted by Gasteiger charge is -2.20. The number of carbonyl (C=O) groups is 4.